The molecule has 0 fully saturated rings. The third kappa shape index (κ3) is 2.89. The summed E-state index contributed by atoms with van der Waals surface area (Å²) in [5, 5.41) is 2.82. The Bertz CT molecular complexity index is 879. The molecule has 4 rings (SSSR count). The molecule has 2 aromatic heterocycles. The highest BCUT2D eigenvalue weighted by Crippen LogP contribution is 2.32. The van der Waals surface area contributed by atoms with Crippen LogP contribution in [-0.2, 0) is 0 Å². The van der Waals surface area contributed by atoms with E-state index in [1.807, 2.05) is 11.4 Å². The van der Waals surface area contributed by atoms with Crippen molar-refractivity contribution in [3.8, 4) is 11.5 Å². The standard InChI is InChI=1S/C16H12N2O3S2/c19-12(10-1-2-13-14(7-10)21-5-4-20-13)8-23-16-15-11(3-6-22-15)17-9-18-16/h1-3,6-7,9H,4-5,8H2. The molecule has 0 unspecified atom stereocenters. The van der Waals surface area contributed by atoms with Crippen molar-refractivity contribution in [2.75, 3.05) is 19.0 Å². The summed E-state index contributed by atoms with van der Waals surface area (Å²) in [5.41, 5.74) is 1.54. The molecule has 116 valence electrons. The van der Waals surface area contributed by atoms with Crippen LogP contribution in [0.15, 0.2) is 41.0 Å². The quantitative estimate of drug-likeness (QED) is 0.410. The van der Waals surface area contributed by atoms with E-state index in [-0.39, 0.29) is 5.78 Å². The Morgan fingerprint density at radius 1 is 1.17 bits per heavy atom. The summed E-state index contributed by atoms with van der Waals surface area (Å²) in [6.07, 6.45) is 1.53. The van der Waals surface area contributed by atoms with Gasteiger partial charge in [-0.05, 0) is 29.6 Å². The number of carbonyl (C=O) groups is 1. The van der Waals surface area contributed by atoms with E-state index in [0.717, 1.165) is 15.2 Å². The third-order valence-electron chi connectivity index (χ3n) is 3.41. The molecule has 23 heavy (non-hydrogen) atoms. The summed E-state index contributed by atoms with van der Waals surface area (Å²) in [6, 6.07) is 7.26. The van der Waals surface area contributed by atoms with E-state index < -0.39 is 0 Å². The number of ether oxygens (including phenoxy) is 2. The minimum absolute atomic E-state index is 0.0373. The molecular weight excluding hydrogens is 332 g/mol. The number of rotatable bonds is 4. The minimum Gasteiger partial charge on any atom is -0.486 e. The second-order valence-corrected chi connectivity index (χ2v) is 6.76. The Morgan fingerprint density at radius 3 is 2.96 bits per heavy atom. The number of thioether (sulfide) groups is 1. The van der Waals surface area contributed by atoms with E-state index in [1.165, 1.54) is 18.1 Å². The van der Waals surface area contributed by atoms with Gasteiger partial charge >= 0.3 is 0 Å². The number of ketones is 1. The number of nitrogens with zero attached hydrogens (tertiary/aromatic N) is 2. The van der Waals surface area contributed by atoms with Gasteiger partial charge in [0.25, 0.3) is 0 Å². The largest absolute Gasteiger partial charge is 0.486 e. The van der Waals surface area contributed by atoms with Gasteiger partial charge in [-0.15, -0.1) is 11.3 Å². The summed E-state index contributed by atoms with van der Waals surface area (Å²) in [7, 11) is 0. The Morgan fingerprint density at radius 2 is 2.04 bits per heavy atom. The monoisotopic (exact) mass is 344 g/mol. The average Bonchev–Trinajstić information content (AvgIpc) is 3.08. The first-order valence-electron chi connectivity index (χ1n) is 7.05. The number of aromatic nitrogens is 2. The normalized spacial score (nSPS) is 13.2. The highest BCUT2D eigenvalue weighted by molar-refractivity contribution is 8.00. The molecule has 0 spiro atoms. The van der Waals surface area contributed by atoms with E-state index in [0.29, 0.717) is 36.0 Å². The lowest BCUT2D eigenvalue weighted by atomic mass is 10.1. The number of hydrogen-bond donors (Lipinski definition) is 0. The molecule has 1 aromatic carbocycles. The molecule has 0 atom stereocenters. The number of hydrogen-bond acceptors (Lipinski definition) is 7. The van der Waals surface area contributed by atoms with Gasteiger partial charge in [0, 0.05) is 5.56 Å². The van der Waals surface area contributed by atoms with Gasteiger partial charge in [0.1, 0.15) is 24.6 Å². The SMILES string of the molecule is O=C(CSc1ncnc2ccsc12)c1ccc2c(c1)OCCO2. The maximum Gasteiger partial charge on any atom is 0.173 e. The zero-order chi connectivity index (χ0) is 15.6. The Labute approximate surface area is 140 Å². The van der Waals surface area contributed by atoms with Crippen molar-refractivity contribution in [2.45, 2.75) is 5.03 Å². The molecule has 1 aliphatic heterocycles. The molecule has 3 aromatic rings. The van der Waals surface area contributed by atoms with Crippen LogP contribution in [0.1, 0.15) is 10.4 Å². The van der Waals surface area contributed by atoms with Gasteiger partial charge in [-0.25, -0.2) is 9.97 Å². The van der Waals surface area contributed by atoms with Crippen LogP contribution >= 0.6 is 23.1 Å². The molecule has 0 aliphatic carbocycles. The predicted octanol–water partition coefficient (Wildman–Crippen LogP) is 3.44. The fourth-order valence-electron chi connectivity index (χ4n) is 2.30. The smallest absolute Gasteiger partial charge is 0.173 e. The molecule has 7 heteroatoms. The second-order valence-electron chi connectivity index (χ2n) is 4.88. The Hall–Kier alpha value is -2.12. The van der Waals surface area contributed by atoms with Crippen LogP contribution in [0.2, 0.25) is 0 Å². The summed E-state index contributed by atoms with van der Waals surface area (Å²) in [5.74, 6) is 1.69. The first kappa shape index (κ1) is 14.5. The van der Waals surface area contributed by atoms with E-state index in [9.17, 15) is 4.79 Å². The van der Waals surface area contributed by atoms with Gasteiger partial charge in [0.05, 0.1) is 16.0 Å². The third-order valence-corrected chi connectivity index (χ3v) is 5.44. The topological polar surface area (TPSA) is 61.3 Å². The van der Waals surface area contributed by atoms with Crippen molar-refractivity contribution in [1.82, 2.24) is 9.97 Å². The highest BCUT2D eigenvalue weighted by Gasteiger charge is 2.16. The molecule has 0 bridgehead atoms. The zero-order valence-electron chi connectivity index (χ0n) is 12.0. The summed E-state index contributed by atoms with van der Waals surface area (Å²) >= 11 is 3.02. The molecule has 0 saturated carbocycles. The van der Waals surface area contributed by atoms with Crippen molar-refractivity contribution in [1.29, 1.82) is 0 Å². The van der Waals surface area contributed by atoms with Gasteiger partial charge in [-0.3, -0.25) is 4.79 Å². The van der Waals surface area contributed by atoms with Crippen molar-refractivity contribution < 1.29 is 14.3 Å². The highest BCUT2D eigenvalue weighted by atomic mass is 32.2. The van der Waals surface area contributed by atoms with Gasteiger partial charge < -0.3 is 9.47 Å². The van der Waals surface area contributed by atoms with E-state index in [4.69, 9.17) is 9.47 Å². The van der Waals surface area contributed by atoms with Gasteiger partial charge in [-0.2, -0.15) is 0 Å². The lowest BCUT2D eigenvalue weighted by Gasteiger charge is -2.18. The first-order valence-corrected chi connectivity index (χ1v) is 8.91. The minimum atomic E-state index is 0.0373. The molecule has 1 aliphatic rings. The molecular formula is C16H12N2O3S2. The van der Waals surface area contributed by atoms with Crippen LogP contribution in [-0.4, -0.2) is 34.7 Å². The fraction of sp³-hybridized carbons (Fsp3) is 0.188. The van der Waals surface area contributed by atoms with E-state index in [1.54, 1.807) is 29.5 Å². The number of benzene rings is 1. The molecule has 5 nitrogen and oxygen atoms in total. The van der Waals surface area contributed by atoms with Crippen LogP contribution in [0.25, 0.3) is 10.2 Å². The van der Waals surface area contributed by atoms with Crippen LogP contribution in [0.5, 0.6) is 11.5 Å². The molecule has 3 heterocycles. The Kier molecular flexibility index (Phi) is 3.88. The van der Waals surface area contributed by atoms with Gasteiger partial charge in [-0.1, -0.05) is 11.8 Å². The number of Topliss-reactive ketones (excluding diaryl/α,β-unsaturated/α-hetero) is 1. The van der Waals surface area contributed by atoms with Crippen LogP contribution < -0.4 is 9.47 Å². The van der Waals surface area contributed by atoms with Crippen molar-refractivity contribution in [3.05, 3.63) is 41.5 Å². The Balaban J connectivity index is 1.51. The predicted molar refractivity (Wildman–Crippen MR) is 89.9 cm³/mol. The molecule has 0 amide bonds. The van der Waals surface area contributed by atoms with Crippen molar-refractivity contribution in [3.63, 3.8) is 0 Å². The lowest BCUT2D eigenvalue weighted by Crippen LogP contribution is -2.16. The summed E-state index contributed by atoms with van der Waals surface area (Å²) < 4.78 is 12.0. The van der Waals surface area contributed by atoms with Crippen molar-refractivity contribution >= 4 is 39.1 Å². The number of carbonyl (C=O) groups excluding carboxylic acids is 1. The van der Waals surface area contributed by atoms with E-state index >= 15 is 0 Å². The lowest BCUT2D eigenvalue weighted by molar-refractivity contribution is 0.102. The molecule has 0 N–H and O–H groups in total. The van der Waals surface area contributed by atoms with E-state index in [2.05, 4.69) is 9.97 Å². The second kappa shape index (κ2) is 6.17. The first-order chi connectivity index (χ1) is 11.3. The van der Waals surface area contributed by atoms with Gasteiger partial charge in [0.15, 0.2) is 17.3 Å². The maximum atomic E-state index is 12.4. The number of fused-ring (bicyclic) bond motifs is 2. The molecule has 0 radical (unpaired) electrons. The van der Waals surface area contributed by atoms with Gasteiger partial charge in [0.2, 0.25) is 0 Å². The van der Waals surface area contributed by atoms with Crippen molar-refractivity contribution in [2.24, 2.45) is 0 Å². The maximum absolute atomic E-state index is 12.4. The molecule has 0 saturated heterocycles. The zero-order valence-corrected chi connectivity index (χ0v) is 13.7. The fourth-order valence-corrected chi connectivity index (χ4v) is 4.14. The average molecular weight is 344 g/mol. The van der Waals surface area contributed by atoms with Crippen LogP contribution in [0.3, 0.4) is 0 Å². The summed E-state index contributed by atoms with van der Waals surface area (Å²) in [6.45, 7) is 1.05. The van der Waals surface area contributed by atoms with Crippen LogP contribution in [0, 0.1) is 0 Å². The summed E-state index contributed by atoms with van der Waals surface area (Å²) in [4.78, 5) is 20.9. The van der Waals surface area contributed by atoms with Crippen LogP contribution in [0.4, 0.5) is 0 Å². The number of thiophene rings is 1.